The summed E-state index contributed by atoms with van der Waals surface area (Å²) in [4.78, 5) is 4.04. The zero-order valence-electron chi connectivity index (χ0n) is 7.77. The fourth-order valence-electron chi connectivity index (χ4n) is 1.12. The Balaban J connectivity index is 2.02. The monoisotopic (exact) mass is 206 g/mol. The molecule has 2 aromatic rings. The van der Waals surface area contributed by atoms with Crippen LogP contribution in [0.5, 0.6) is 0 Å². The quantitative estimate of drug-likeness (QED) is 0.832. The van der Waals surface area contributed by atoms with E-state index >= 15 is 0 Å². The largest absolute Gasteiger partial charge is 0.356 e. The molecule has 4 nitrogen and oxygen atoms in total. The molecule has 0 bridgehead atoms. The van der Waals surface area contributed by atoms with E-state index in [2.05, 4.69) is 20.5 Å². The topological polar surface area (TPSA) is 50.7 Å². The lowest BCUT2D eigenvalue weighted by Gasteiger charge is -2.04. The molecule has 0 unspecified atom stereocenters. The van der Waals surface area contributed by atoms with Gasteiger partial charge in [-0.25, -0.2) is 0 Å². The number of aromatic nitrogens is 3. The van der Waals surface area contributed by atoms with Gasteiger partial charge >= 0.3 is 0 Å². The lowest BCUT2D eigenvalue weighted by atomic mass is 10.2. The second-order valence-electron chi connectivity index (χ2n) is 2.90. The van der Waals surface area contributed by atoms with Crippen LogP contribution >= 0.6 is 11.3 Å². The number of rotatable bonds is 3. The van der Waals surface area contributed by atoms with Crippen molar-refractivity contribution in [2.45, 2.75) is 13.5 Å². The summed E-state index contributed by atoms with van der Waals surface area (Å²) < 4.78 is 0. The van der Waals surface area contributed by atoms with Gasteiger partial charge in [0.05, 0.1) is 0 Å². The minimum Gasteiger partial charge on any atom is -0.356 e. The van der Waals surface area contributed by atoms with E-state index in [1.807, 2.05) is 19.2 Å². The van der Waals surface area contributed by atoms with E-state index in [0.717, 1.165) is 11.7 Å². The summed E-state index contributed by atoms with van der Waals surface area (Å²) in [5.74, 6) is 0. The summed E-state index contributed by atoms with van der Waals surface area (Å²) >= 11 is 1.50. The van der Waals surface area contributed by atoms with E-state index in [9.17, 15) is 0 Å². The van der Waals surface area contributed by atoms with E-state index in [0.29, 0.717) is 0 Å². The van der Waals surface area contributed by atoms with Crippen molar-refractivity contribution in [3.63, 3.8) is 0 Å². The average Bonchev–Trinajstić information content (AvgIpc) is 2.69. The standard InChI is InChI=1S/C9H10N4S/c1-7-4-10-3-2-8(7)5-11-9-13-12-6-14-9/h2-4,6H,5H2,1H3,(H,11,13). The zero-order valence-corrected chi connectivity index (χ0v) is 8.58. The van der Waals surface area contributed by atoms with Gasteiger partial charge in [0, 0.05) is 18.9 Å². The van der Waals surface area contributed by atoms with Crippen LogP contribution in [0, 0.1) is 6.92 Å². The van der Waals surface area contributed by atoms with Crippen LogP contribution in [-0.4, -0.2) is 15.2 Å². The third kappa shape index (κ3) is 2.05. The molecule has 0 atom stereocenters. The van der Waals surface area contributed by atoms with Crippen LogP contribution in [-0.2, 0) is 6.54 Å². The highest BCUT2D eigenvalue weighted by atomic mass is 32.1. The Morgan fingerprint density at radius 1 is 1.50 bits per heavy atom. The SMILES string of the molecule is Cc1cnccc1CNc1nncs1. The minimum atomic E-state index is 0.767. The Morgan fingerprint density at radius 2 is 2.43 bits per heavy atom. The molecule has 14 heavy (non-hydrogen) atoms. The number of anilines is 1. The zero-order chi connectivity index (χ0) is 9.80. The van der Waals surface area contributed by atoms with Crippen LogP contribution in [0.1, 0.15) is 11.1 Å². The molecule has 2 heterocycles. The molecule has 2 aromatic heterocycles. The van der Waals surface area contributed by atoms with Crippen molar-refractivity contribution in [3.8, 4) is 0 Å². The van der Waals surface area contributed by atoms with Gasteiger partial charge in [0.25, 0.3) is 0 Å². The fraction of sp³-hybridized carbons (Fsp3) is 0.222. The Kier molecular flexibility index (Phi) is 2.69. The summed E-state index contributed by atoms with van der Waals surface area (Å²) in [6.07, 6.45) is 3.65. The van der Waals surface area contributed by atoms with Gasteiger partial charge in [-0.05, 0) is 24.1 Å². The molecule has 0 amide bonds. The molecule has 0 saturated carbocycles. The Hall–Kier alpha value is -1.49. The molecule has 0 saturated heterocycles. The second kappa shape index (κ2) is 4.15. The van der Waals surface area contributed by atoms with Gasteiger partial charge in [0.15, 0.2) is 0 Å². The number of hydrogen-bond donors (Lipinski definition) is 1. The van der Waals surface area contributed by atoms with Gasteiger partial charge in [0.2, 0.25) is 5.13 Å². The third-order valence-electron chi connectivity index (χ3n) is 1.93. The molecule has 0 fully saturated rings. The molecule has 2 rings (SSSR count). The number of hydrogen-bond acceptors (Lipinski definition) is 5. The number of nitrogens with zero attached hydrogens (tertiary/aromatic N) is 3. The molecule has 72 valence electrons. The third-order valence-corrected chi connectivity index (χ3v) is 2.58. The van der Waals surface area contributed by atoms with Crippen molar-refractivity contribution >= 4 is 16.5 Å². The number of aryl methyl sites for hydroxylation is 1. The van der Waals surface area contributed by atoms with E-state index in [1.165, 1.54) is 22.5 Å². The van der Waals surface area contributed by atoms with Crippen LogP contribution in [0.4, 0.5) is 5.13 Å². The van der Waals surface area contributed by atoms with Gasteiger partial charge in [-0.2, -0.15) is 0 Å². The van der Waals surface area contributed by atoms with Crippen molar-refractivity contribution < 1.29 is 0 Å². The number of pyridine rings is 1. The predicted molar refractivity (Wildman–Crippen MR) is 56.2 cm³/mol. The Morgan fingerprint density at radius 3 is 3.14 bits per heavy atom. The maximum absolute atomic E-state index is 4.04. The summed E-state index contributed by atoms with van der Waals surface area (Å²) in [7, 11) is 0. The first kappa shape index (κ1) is 9.08. The molecular weight excluding hydrogens is 196 g/mol. The van der Waals surface area contributed by atoms with Gasteiger partial charge in [-0.1, -0.05) is 11.3 Å². The first-order chi connectivity index (χ1) is 6.86. The predicted octanol–water partition coefficient (Wildman–Crippen LogP) is 1.85. The average molecular weight is 206 g/mol. The molecule has 0 aliphatic carbocycles. The molecule has 1 N–H and O–H groups in total. The molecule has 0 aliphatic rings. The summed E-state index contributed by atoms with van der Waals surface area (Å²) in [6.45, 7) is 2.81. The van der Waals surface area contributed by atoms with Crippen molar-refractivity contribution in [3.05, 3.63) is 35.1 Å². The summed E-state index contributed by atoms with van der Waals surface area (Å²) in [5.41, 5.74) is 4.13. The molecule has 0 aromatic carbocycles. The lowest BCUT2D eigenvalue weighted by Crippen LogP contribution is -2.01. The Bertz CT molecular complexity index is 399. The van der Waals surface area contributed by atoms with Crippen molar-refractivity contribution in [2.75, 3.05) is 5.32 Å². The molecule has 0 spiro atoms. The second-order valence-corrected chi connectivity index (χ2v) is 3.73. The highest BCUT2D eigenvalue weighted by molar-refractivity contribution is 7.13. The summed E-state index contributed by atoms with van der Waals surface area (Å²) in [5, 5.41) is 11.7. The smallest absolute Gasteiger partial charge is 0.205 e. The van der Waals surface area contributed by atoms with Crippen molar-refractivity contribution in [1.29, 1.82) is 0 Å². The first-order valence-corrected chi connectivity index (χ1v) is 5.14. The Labute approximate surface area is 86.0 Å². The van der Waals surface area contributed by atoms with E-state index in [4.69, 9.17) is 0 Å². The number of nitrogens with one attached hydrogen (secondary N) is 1. The normalized spacial score (nSPS) is 10.1. The van der Waals surface area contributed by atoms with Crippen LogP contribution in [0.3, 0.4) is 0 Å². The van der Waals surface area contributed by atoms with Gasteiger partial charge in [-0.3, -0.25) is 4.98 Å². The van der Waals surface area contributed by atoms with Crippen LogP contribution in [0.2, 0.25) is 0 Å². The van der Waals surface area contributed by atoms with Crippen LogP contribution in [0.15, 0.2) is 24.0 Å². The van der Waals surface area contributed by atoms with Crippen molar-refractivity contribution in [1.82, 2.24) is 15.2 Å². The maximum atomic E-state index is 4.04. The minimum absolute atomic E-state index is 0.767. The summed E-state index contributed by atoms with van der Waals surface area (Å²) in [6, 6.07) is 2.00. The van der Waals surface area contributed by atoms with Gasteiger partial charge in [-0.15, -0.1) is 10.2 Å². The maximum Gasteiger partial charge on any atom is 0.205 e. The molecule has 0 aliphatic heterocycles. The van der Waals surface area contributed by atoms with Gasteiger partial charge < -0.3 is 5.32 Å². The molecule has 0 radical (unpaired) electrons. The fourth-order valence-corrected chi connectivity index (χ4v) is 1.57. The van der Waals surface area contributed by atoms with E-state index in [-0.39, 0.29) is 0 Å². The molecule has 5 heteroatoms. The highest BCUT2D eigenvalue weighted by Crippen LogP contribution is 2.11. The van der Waals surface area contributed by atoms with E-state index < -0.39 is 0 Å². The van der Waals surface area contributed by atoms with Crippen LogP contribution in [0.25, 0.3) is 0 Å². The highest BCUT2D eigenvalue weighted by Gasteiger charge is 1.98. The first-order valence-electron chi connectivity index (χ1n) is 4.26. The lowest BCUT2D eigenvalue weighted by molar-refractivity contribution is 1.04. The molecular formula is C9H10N4S. The van der Waals surface area contributed by atoms with Crippen molar-refractivity contribution in [2.24, 2.45) is 0 Å². The van der Waals surface area contributed by atoms with E-state index in [1.54, 1.807) is 11.7 Å². The van der Waals surface area contributed by atoms with Crippen LogP contribution < -0.4 is 5.32 Å². The van der Waals surface area contributed by atoms with Gasteiger partial charge in [0.1, 0.15) is 5.51 Å².